The van der Waals surface area contributed by atoms with Crippen LogP contribution in [0.3, 0.4) is 0 Å². The highest BCUT2D eigenvalue weighted by molar-refractivity contribution is 7.92. The number of aryl methyl sites for hydroxylation is 1. The molecule has 0 aliphatic rings. The molecule has 0 saturated heterocycles. The van der Waals surface area contributed by atoms with Crippen LogP contribution in [0, 0.1) is 6.92 Å². The van der Waals surface area contributed by atoms with Crippen molar-refractivity contribution < 1.29 is 13.5 Å². The summed E-state index contributed by atoms with van der Waals surface area (Å²) in [6.07, 6.45) is 1.55. The van der Waals surface area contributed by atoms with Crippen molar-refractivity contribution >= 4 is 15.7 Å². The monoisotopic (exact) mass is 371 g/mol. The van der Waals surface area contributed by atoms with Crippen LogP contribution >= 0.6 is 0 Å². The first kappa shape index (κ1) is 18.2. The van der Waals surface area contributed by atoms with Crippen molar-refractivity contribution in [1.82, 2.24) is 9.78 Å². The van der Waals surface area contributed by atoms with E-state index >= 15 is 0 Å². The summed E-state index contributed by atoms with van der Waals surface area (Å²) in [4.78, 5) is 0.144. The predicted molar refractivity (Wildman–Crippen MR) is 101 cm³/mol. The minimum atomic E-state index is -3.83. The van der Waals surface area contributed by atoms with E-state index in [2.05, 4.69) is 5.10 Å². The SMILES string of the molecule is Cc1nn(Cc2ccccc2)cc1S(=O)(=O)N(CCO)c1ccccc1. The molecule has 2 aromatic carbocycles. The molecule has 0 fully saturated rings. The Balaban J connectivity index is 1.95. The molecule has 0 amide bonds. The maximum atomic E-state index is 13.2. The molecule has 26 heavy (non-hydrogen) atoms. The second-order valence-corrected chi connectivity index (χ2v) is 7.73. The number of aliphatic hydroxyl groups is 1. The normalized spacial score (nSPS) is 11.5. The summed E-state index contributed by atoms with van der Waals surface area (Å²) in [6, 6.07) is 18.5. The number of aliphatic hydroxyl groups excluding tert-OH is 1. The predicted octanol–water partition coefficient (Wildman–Crippen LogP) is 2.43. The van der Waals surface area contributed by atoms with Crippen molar-refractivity contribution in [2.75, 3.05) is 17.5 Å². The summed E-state index contributed by atoms with van der Waals surface area (Å²) in [6.45, 7) is 1.88. The maximum Gasteiger partial charge on any atom is 0.267 e. The van der Waals surface area contributed by atoms with Gasteiger partial charge in [-0.2, -0.15) is 5.10 Å². The van der Waals surface area contributed by atoms with E-state index in [-0.39, 0.29) is 18.0 Å². The van der Waals surface area contributed by atoms with Gasteiger partial charge in [0, 0.05) is 6.20 Å². The van der Waals surface area contributed by atoms with Crippen molar-refractivity contribution in [1.29, 1.82) is 0 Å². The number of anilines is 1. The Morgan fingerprint density at radius 3 is 2.27 bits per heavy atom. The van der Waals surface area contributed by atoms with Crippen LogP contribution in [-0.2, 0) is 16.6 Å². The molecule has 3 rings (SSSR count). The second kappa shape index (κ2) is 7.72. The summed E-state index contributed by atoms with van der Waals surface area (Å²) in [7, 11) is -3.83. The number of hydrogen-bond acceptors (Lipinski definition) is 4. The number of benzene rings is 2. The van der Waals surface area contributed by atoms with Crippen LogP contribution in [0.1, 0.15) is 11.3 Å². The average Bonchev–Trinajstić information content (AvgIpc) is 3.02. The second-order valence-electron chi connectivity index (χ2n) is 5.90. The smallest absolute Gasteiger partial charge is 0.267 e. The highest BCUT2D eigenvalue weighted by Crippen LogP contribution is 2.25. The molecule has 6 nitrogen and oxygen atoms in total. The van der Waals surface area contributed by atoms with Crippen LogP contribution in [0.15, 0.2) is 71.8 Å². The van der Waals surface area contributed by atoms with Crippen LogP contribution in [0.5, 0.6) is 0 Å². The number of aromatic nitrogens is 2. The molecule has 7 heteroatoms. The third-order valence-electron chi connectivity index (χ3n) is 4.00. The van der Waals surface area contributed by atoms with Gasteiger partial charge >= 0.3 is 0 Å². The molecule has 0 atom stereocenters. The lowest BCUT2D eigenvalue weighted by Crippen LogP contribution is -2.33. The van der Waals surface area contributed by atoms with Gasteiger partial charge in [-0.05, 0) is 24.6 Å². The Morgan fingerprint density at radius 2 is 1.65 bits per heavy atom. The van der Waals surface area contributed by atoms with E-state index in [4.69, 9.17) is 0 Å². The van der Waals surface area contributed by atoms with Gasteiger partial charge in [-0.1, -0.05) is 48.5 Å². The molecule has 0 aliphatic carbocycles. The number of para-hydroxylation sites is 1. The molecule has 0 saturated carbocycles. The van der Waals surface area contributed by atoms with Gasteiger partial charge in [0.25, 0.3) is 10.0 Å². The molecule has 0 radical (unpaired) electrons. The van der Waals surface area contributed by atoms with Crippen molar-refractivity contribution in [3.05, 3.63) is 78.1 Å². The van der Waals surface area contributed by atoms with Gasteiger partial charge in [-0.15, -0.1) is 0 Å². The Labute approximate surface area is 153 Å². The lowest BCUT2D eigenvalue weighted by molar-refractivity contribution is 0.306. The number of sulfonamides is 1. The van der Waals surface area contributed by atoms with E-state index in [1.165, 1.54) is 4.31 Å². The van der Waals surface area contributed by atoms with Gasteiger partial charge < -0.3 is 5.11 Å². The first-order valence-corrected chi connectivity index (χ1v) is 9.73. The lowest BCUT2D eigenvalue weighted by atomic mass is 10.2. The van der Waals surface area contributed by atoms with E-state index < -0.39 is 10.0 Å². The molecule has 3 aromatic rings. The minimum Gasteiger partial charge on any atom is -0.394 e. The van der Waals surface area contributed by atoms with E-state index in [0.717, 1.165) is 5.56 Å². The topological polar surface area (TPSA) is 75.4 Å². The largest absolute Gasteiger partial charge is 0.394 e. The van der Waals surface area contributed by atoms with Gasteiger partial charge in [0.15, 0.2) is 0 Å². The zero-order valence-electron chi connectivity index (χ0n) is 14.5. The highest BCUT2D eigenvalue weighted by atomic mass is 32.2. The Hall–Kier alpha value is -2.64. The quantitative estimate of drug-likeness (QED) is 0.692. The average molecular weight is 371 g/mol. The molecule has 0 aliphatic heterocycles. The molecule has 136 valence electrons. The molecule has 1 heterocycles. The summed E-state index contributed by atoms with van der Waals surface area (Å²) in [5.74, 6) is 0. The van der Waals surface area contributed by atoms with E-state index in [1.54, 1.807) is 42.1 Å². The summed E-state index contributed by atoms with van der Waals surface area (Å²) in [5.41, 5.74) is 1.98. The third kappa shape index (κ3) is 3.79. The van der Waals surface area contributed by atoms with Crippen LogP contribution in [-0.4, -0.2) is 36.5 Å². The Morgan fingerprint density at radius 1 is 1.04 bits per heavy atom. The number of rotatable bonds is 7. The molecule has 0 bridgehead atoms. The number of hydrogen-bond donors (Lipinski definition) is 1. The molecule has 1 N–H and O–H groups in total. The molecule has 0 spiro atoms. The van der Waals surface area contributed by atoms with Gasteiger partial charge in [0.05, 0.1) is 31.1 Å². The fourth-order valence-corrected chi connectivity index (χ4v) is 4.42. The summed E-state index contributed by atoms with van der Waals surface area (Å²) < 4.78 is 29.2. The Kier molecular flexibility index (Phi) is 5.39. The van der Waals surface area contributed by atoms with Gasteiger partial charge in [0.2, 0.25) is 0 Å². The van der Waals surface area contributed by atoms with Gasteiger partial charge in [0.1, 0.15) is 4.90 Å². The minimum absolute atomic E-state index is 0.0182. The molecular weight excluding hydrogens is 350 g/mol. The van der Waals surface area contributed by atoms with Crippen molar-refractivity contribution in [2.24, 2.45) is 0 Å². The number of nitrogens with zero attached hydrogens (tertiary/aromatic N) is 3. The van der Waals surface area contributed by atoms with E-state index in [0.29, 0.717) is 17.9 Å². The van der Waals surface area contributed by atoms with Crippen molar-refractivity contribution in [2.45, 2.75) is 18.4 Å². The molecule has 1 aromatic heterocycles. The summed E-state index contributed by atoms with van der Waals surface area (Å²) in [5, 5.41) is 13.7. The lowest BCUT2D eigenvalue weighted by Gasteiger charge is -2.23. The molecular formula is C19H21N3O3S. The third-order valence-corrected chi connectivity index (χ3v) is 5.93. The van der Waals surface area contributed by atoms with E-state index in [1.807, 2.05) is 36.4 Å². The Bertz CT molecular complexity index is 954. The van der Waals surface area contributed by atoms with Crippen LogP contribution in [0.2, 0.25) is 0 Å². The molecule has 0 unspecified atom stereocenters. The fourth-order valence-electron chi connectivity index (χ4n) is 2.80. The zero-order chi connectivity index (χ0) is 18.6. The standard InChI is InChI=1S/C19H21N3O3S/c1-16-19(15-21(20-16)14-17-8-4-2-5-9-17)26(24,25)22(12-13-23)18-10-6-3-7-11-18/h2-11,15,23H,12-14H2,1H3. The van der Waals surface area contributed by atoms with Crippen molar-refractivity contribution in [3.63, 3.8) is 0 Å². The fraction of sp³-hybridized carbons (Fsp3) is 0.211. The first-order chi connectivity index (χ1) is 12.5. The van der Waals surface area contributed by atoms with Crippen LogP contribution < -0.4 is 4.31 Å². The van der Waals surface area contributed by atoms with Crippen LogP contribution in [0.25, 0.3) is 0 Å². The van der Waals surface area contributed by atoms with Crippen molar-refractivity contribution in [3.8, 4) is 0 Å². The van der Waals surface area contributed by atoms with Crippen LogP contribution in [0.4, 0.5) is 5.69 Å². The maximum absolute atomic E-state index is 13.2. The highest BCUT2D eigenvalue weighted by Gasteiger charge is 2.28. The van der Waals surface area contributed by atoms with Gasteiger partial charge in [-0.3, -0.25) is 8.99 Å². The zero-order valence-corrected chi connectivity index (χ0v) is 15.3. The summed E-state index contributed by atoms with van der Waals surface area (Å²) >= 11 is 0. The first-order valence-electron chi connectivity index (χ1n) is 8.29. The van der Waals surface area contributed by atoms with E-state index in [9.17, 15) is 13.5 Å². The van der Waals surface area contributed by atoms with Gasteiger partial charge in [-0.25, -0.2) is 8.42 Å².